The zero-order valence-corrected chi connectivity index (χ0v) is 17.1. The number of nitriles is 1. The first-order valence-corrected chi connectivity index (χ1v) is 9.70. The number of anilines is 1. The number of carbonyl (C=O) groups is 2. The summed E-state index contributed by atoms with van der Waals surface area (Å²) in [5.74, 6) is -0.640. The first-order valence-electron chi connectivity index (χ1n) is 8.88. The molecule has 150 valence electrons. The molecule has 1 aromatic heterocycles. The van der Waals surface area contributed by atoms with Crippen molar-refractivity contribution in [2.24, 2.45) is 0 Å². The molecule has 1 aromatic carbocycles. The topological polar surface area (TPSA) is 116 Å². The van der Waals surface area contributed by atoms with Crippen LogP contribution in [0.1, 0.15) is 40.2 Å². The highest BCUT2D eigenvalue weighted by molar-refractivity contribution is 7.18. The molecule has 0 aliphatic carbocycles. The van der Waals surface area contributed by atoms with E-state index in [2.05, 4.69) is 5.32 Å². The quantitative estimate of drug-likeness (QED) is 0.419. The van der Waals surface area contributed by atoms with Crippen LogP contribution in [-0.4, -0.2) is 34.7 Å². The van der Waals surface area contributed by atoms with E-state index >= 15 is 0 Å². The number of nitro benzene ring substituents is 1. The fourth-order valence-corrected chi connectivity index (χ4v) is 3.76. The van der Waals surface area contributed by atoms with Gasteiger partial charge in [0.05, 0.1) is 15.4 Å². The average Bonchev–Trinajstić information content (AvgIpc) is 3.02. The van der Waals surface area contributed by atoms with Crippen LogP contribution in [0, 0.1) is 28.4 Å². The lowest BCUT2D eigenvalue weighted by Gasteiger charge is -2.17. The zero-order chi connectivity index (χ0) is 21.6. The van der Waals surface area contributed by atoms with Gasteiger partial charge in [0.2, 0.25) is 5.91 Å². The number of hydrogen-bond donors (Lipinski definition) is 1. The molecule has 0 aliphatic rings. The summed E-state index contributed by atoms with van der Waals surface area (Å²) >= 11 is 1.08. The highest BCUT2D eigenvalue weighted by atomic mass is 32.1. The Morgan fingerprint density at radius 2 is 1.90 bits per heavy atom. The smallest absolute Gasteiger partial charge is 0.269 e. The third kappa shape index (κ3) is 5.06. The molecule has 0 spiro atoms. The molecule has 0 fully saturated rings. The minimum atomic E-state index is -0.500. The summed E-state index contributed by atoms with van der Waals surface area (Å²) in [6, 6.07) is 7.79. The van der Waals surface area contributed by atoms with E-state index in [-0.39, 0.29) is 17.2 Å². The highest BCUT2D eigenvalue weighted by Gasteiger charge is 2.23. The van der Waals surface area contributed by atoms with E-state index in [1.54, 1.807) is 11.8 Å². The molecule has 0 atom stereocenters. The molecule has 0 bridgehead atoms. The van der Waals surface area contributed by atoms with E-state index in [9.17, 15) is 25.0 Å². The van der Waals surface area contributed by atoms with Crippen molar-refractivity contribution in [3.8, 4) is 6.07 Å². The van der Waals surface area contributed by atoms with Crippen molar-refractivity contribution in [1.82, 2.24) is 4.90 Å². The molecule has 0 saturated heterocycles. The van der Waals surface area contributed by atoms with Gasteiger partial charge in [-0.25, -0.2) is 0 Å². The van der Waals surface area contributed by atoms with Crippen LogP contribution in [0.2, 0.25) is 0 Å². The van der Waals surface area contributed by atoms with Gasteiger partial charge in [0, 0.05) is 31.3 Å². The molecule has 29 heavy (non-hydrogen) atoms. The number of rotatable bonds is 7. The zero-order valence-electron chi connectivity index (χ0n) is 16.3. The lowest BCUT2D eigenvalue weighted by Crippen LogP contribution is -2.30. The maximum atomic E-state index is 12.6. The van der Waals surface area contributed by atoms with Crippen LogP contribution in [0.5, 0.6) is 0 Å². The van der Waals surface area contributed by atoms with Crippen LogP contribution in [0.15, 0.2) is 30.3 Å². The first kappa shape index (κ1) is 21.8. The number of benzene rings is 1. The molecule has 0 unspecified atom stereocenters. The van der Waals surface area contributed by atoms with Gasteiger partial charge in [-0.1, -0.05) is 0 Å². The molecule has 9 heteroatoms. The molecule has 0 saturated carbocycles. The molecular weight excluding hydrogens is 392 g/mol. The van der Waals surface area contributed by atoms with E-state index in [4.69, 9.17) is 0 Å². The second kappa shape index (κ2) is 9.61. The van der Waals surface area contributed by atoms with Crippen LogP contribution in [0.3, 0.4) is 0 Å². The summed E-state index contributed by atoms with van der Waals surface area (Å²) in [6.45, 7) is 6.54. The van der Waals surface area contributed by atoms with Gasteiger partial charge in [0.1, 0.15) is 11.1 Å². The maximum absolute atomic E-state index is 12.6. The minimum Gasteiger partial charge on any atom is -0.338 e. The van der Waals surface area contributed by atoms with Gasteiger partial charge in [-0.2, -0.15) is 5.26 Å². The summed E-state index contributed by atoms with van der Waals surface area (Å²) in [5.41, 5.74) is 1.39. The number of nitro groups is 1. The fraction of sp³-hybridized carbons (Fsp3) is 0.250. The predicted octanol–water partition coefficient (Wildman–Crippen LogP) is 3.97. The molecule has 0 radical (unpaired) electrons. The molecular formula is C20H20N4O4S. The van der Waals surface area contributed by atoms with E-state index in [1.165, 1.54) is 36.4 Å². The predicted molar refractivity (Wildman–Crippen MR) is 112 cm³/mol. The Balaban J connectivity index is 2.19. The first-order chi connectivity index (χ1) is 13.8. The van der Waals surface area contributed by atoms with Crippen molar-refractivity contribution >= 4 is 39.9 Å². The number of thiophene rings is 1. The Hall–Kier alpha value is -3.51. The molecule has 2 amide bonds. The van der Waals surface area contributed by atoms with Gasteiger partial charge >= 0.3 is 0 Å². The van der Waals surface area contributed by atoms with Crippen molar-refractivity contribution in [2.45, 2.75) is 20.8 Å². The molecule has 1 N–H and O–H groups in total. The number of amides is 2. The monoisotopic (exact) mass is 412 g/mol. The normalized spacial score (nSPS) is 10.6. The average molecular weight is 412 g/mol. The van der Waals surface area contributed by atoms with Crippen molar-refractivity contribution < 1.29 is 14.5 Å². The molecule has 2 aromatic rings. The summed E-state index contributed by atoms with van der Waals surface area (Å²) in [5, 5.41) is 23.1. The van der Waals surface area contributed by atoms with Crippen molar-refractivity contribution in [3.63, 3.8) is 0 Å². The SMILES string of the molecule is CCN(CC)C(=O)c1sc(NC(=O)/C=C/c2ccc([N+](=O)[O-])cc2)c(C#N)c1C. The fourth-order valence-electron chi connectivity index (χ4n) is 2.63. The lowest BCUT2D eigenvalue weighted by molar-refractivity contribution is -0.384. The van der Waals surface area contributed by atoms with E-state index in [0.29, 0.717) is 34.1 Å². The standard InChI is InChI=1S/C20H20N4O4S/c1-4-23(5-2)20(26)18-13(3)16(12-21)19(29-18)22-17(25)11-8-14-6-9-15(10-7-14)24(27)28/h6-11H,4-5H2,1-3H3,(H,22,25)/b11-8+. The number of hydrogen-bond acceptors (Lipinski definition) is 6. The van der Waals surface area contributed by atoms with Gasteiger partial charge in [0.25, 0.3) is 11.6 Å². The summed E-state index contributed by atoms with van der Waals surface area (Å²) in [7, 11) is 0. The van der Waals surface area contributed by atoms with Crippen LogP contribution < -0.4 is 5.32 Å². The summed E-state index contributed by atoms with van der Waals surface area (Å²) in [4.78, 5) is 37.1. The number of nitrogens with zero attached hydrogens (tertiary/aromatic N) is 3. The van der Waals surface area contributed by atoms with E-state index in [0.717, 1.165) is 11.3 Å². The Labute approximate surface area is 172 Å². The van der Waals surface area contributed by atoms with Gasteiger partial charge in [-0.3, -0.25) is 19.7 Å². The molecule has 2 rings (SSSR count). The molecule has 8 nitrogen and oxygen atoms in total. The molecule has 1 heterocycles. The Morgan fingerprint density at radius 1 is 1.28 bits per heavy atom. The van der Waals surface area contributed by atoms with Crippen molar-refractivity contribution in [1.29, 1.82) is 5.26 Å². The van der Waals surface area contributed by atoms with Gasteiger partial charge < -0.3 is 10.2 Å². The number of carbonyl (C=O) groups excluding carboxylic acids is 2. The van der Waals surface area contributed by atoms with Gasteiger partial charge in [-0.15, -0.1) is 11.3 Å². The maximum Gasteiger partial charge on any atom is 0.269 e. The molecule has 0 aliphatic heterocycles. The van der Waals surface area contributed by atoms with E-state index in [1.807, 2.05) is 19.9 Å². The highest BCUT2D eigenvalue weighted by Crippen LogP contribution is 2.33. The second-order valence-electron chi connectivity index (χ2n) is 6.02. The third-order valence-electron chi connectivity index (χ3n) is 4.27. The number of nitrogens with one attached hydrogen (secondary N) is 1. The van der Waals surface area contributed by atoms with E-state index < -0.39 is 10.8 Å². The Bertz CT molecular complexity index is 999. The third-order valence-corrected chi connectivity index (χ3v) is 5.47. The Morgan fingerprint density at radius 3 is 2.41 bits per heavy atom. The van der Waals surface area contributed by atoms with Gasteiger partial charge in [-0.05, 0) is 50.1 Å². The Kier molecular flexibility index (Phi) is 7.22. The van der Waals surface area contributed by atoms with Crippen molar-refractivity contribution in [2.75, 3.05) is 18.4 Å². The van der Waals surface area contributed by atoms with Crippen LogP contribution in [0.25, 0.3) is 6.08 Å². The lowest BCUT2D eigenvalue weighted by atomic mass is 10.1. The van der Waals surface area contributed by atoms with Crippen molar-refractivity contribution in [3.05, 3.63) is 62.0 Å². The van der Waals surface area contributed by atoms with Crippen LogP contribution in [0.4, 0.5) is 10.7 Å². The summed E-state index contributed by atoms with van der Waals surface area (Å²) in [6.07, 6.45) is 2.77. The largest absolute Gasteiger partial charge is 0.338 e. The second-order valence-corrected chi connectivity index (χ2v) is 7.04. The van der Waals surface area contributed by atoms with Crippen LogP contribution >= 0.6 is 11.3 Å². The summed E-state index contributed by atoms with van der Waals surface area (Å²) < 4.78 is 0. The number of non-ortho nitro benzene ring substituents is 1. The van der Waals surface area contributed by atoms with Crippen LogP contribution in [-0.2, 0) is 4.79 Å². The van der Waals surface area contributed by atoms with Gasteiger partial charge in [0.15, 0.2) is 0 Å². The minimum absolute atomic E-state index is 0.0373.